The quantitative estimate of drug-likeness (QED) is 0.550. The second-order valence-corrected chi connectivity index (χ2v) is 8.15. The van der Waals surface area contributed by atoms with Crippen molar-refractivity contribution in [3.63, 3.8) is 0 Å². The molecule has 0 radical (unpaired) electrons. The first-order valence-electron chi connectivity index (χ1n) is 10.3. The first-order chi connectivity index (χ1) is 14.1. The van der Waals surface area contributed by atoms with Gasteiger partial charge in [0.15, 0.2) is 0 Å². The van der Waals surface area contributed by atoms with Gasteiger partial charge in [0.2, 0.25) is 0 Å². The molecule has 0 spiro atoms. The SMILES string of the molecule is CN(C)c1cncc(C(=O)NCc2ccc3cc(CNCC4CCC4)[nH]c3c2)c1. The van der Waals surface area contributed by atoms with Crippen LogP contribution in [0, 0.1) is 5.92 Å². The monoisotopic (exact) mass is 391 g/mol. The Kier molecular flexibility index (Phi) is 5.81. The van der Waals surface area contributed by atoms with E-state index in [1.165, 1.54) is 30.3 Å². The predicted octanol–water partition coefficient (Wildman–Crippen LogP) is 3.45. The van der Waals surface area contributed by atoms with Gasteiger partial charge in [-0.1, -0.05) is 18.6 Å². The maximum Gasteiger partial charge on any atom is 0.253 e. The molecular weight excluding hydrogens is 362 g/mol. The van der Waals surface area contributed by atoms with E-state index in [-0.39, 0.29) is 5.91 Å². The molecule has 6 nitrogen and oxygen atoms in total. The second-order valence-electron chi connectivity index (χ2n) is 8.15. The van der Waals surface area contributed by atoms with Gasteiger partial charge in [-0.25, -0.2) is 0 Å². The topological polar surface area (TPSA) is 73.1 Å². The van der Waals surface area contributed by atoms with Crippen LogP contribution < -0.4 is 15.5 Å². The van der Waals surface area contributed by atoms with Crippen molar-refractivity contribution in [3.05, 3.63) is 59.5 Å². The number of nitrogens with zero attached hydrogens (tertiary/aromatic N) is 2. The molecule has 0 saturated heterocycles. The number of anilines is 1. The third-order valence-corrected chi connectivity index (χ3v) is 5.67. The number of hydrogen-bond donors (Lipinski definition) is 3. The van der Waals surface area contributed by atoms with Crippen LogP contribution in [0.15, 0.2) is 42.7 Å². The van der Waals surface area contributed by atoms with Crippen LogP contribution in [0.4, 0.5) is 5.69 Å². The standard InChI is InChI=1S/C23H29N5O/c1-28(2)21-10-19(13-25-15-21)23(29)26-12-17-6-7-18-9-20(27-22(18)8-17)14-24-11-16-4-3-5-16/h6-10,13,15-16,24,27H,3-5,11-12,14H2,1-2H3,(H,26,29). The fourth-order valence-corrected chi connectivity index (χ4v) is 3.63. The van der Waals surface area contributed by atoms with Gasteiger partial charge in [-0.2, -0.15) is 0 Å². The second kappa shape index (κ2) is 8.66. The van der Waals surface area contributed by atoms with Gasteiger partial charge in [-0.05, 0) is 54.5 Å². The summed E-state index contributed by atoms with van der Waals surface area (Å²) in [4.78, 5) is 22.1. The third-order valence-electron chi connectivity index (χ3n) is 5.67. The Labute approximate surface area is 171 Å². The molecule has 0 bridgehead atoms. The minimum atomic E-state index is -0.117. The lowest BCUT2D eigenvalue weighted by Gasteiger charge is -2.25. The van der Waals surface area contributed by atoms with Gasteiger partial charge in [0.25, 0.3) is 5.91 Å². The number of H-pyrrole nitrogens is 1. The van der Waals surface area contributed by atoms with Crippen molar-refractivity contribution in [3.8, 4) is 0 Å². The summed E-state index contributed by atoms with van der Waals surface area (Å²) in [6, 6.07) is 10.3. The largest absolute Gasteiger partial charge is 0.376 e. The van der Waals surface area contributed by atoms with E-state index >= 15 is 0 Å². The summed E-state index contributed by atoms with van der Waals surface area (Å²) < 4.78 is 0. The van der Waals surface area contributed by atoms with Crippen molar-refractivity contribution in [2.75, 3.05) is 25.5 Å². The van der Waals surface area contributed by atoms with E-state index in [0.717, 1.165) is 35.8 Å². The highest BCUT2D eigenvalue weighted by molar-refractivity contribution is 5.94. The Hall–Kier alpha value is -2.86. The molecule has 0 aliphatic heterocycles. The zero-order chi connectivity index (χ0) is 20.2. The van der Waals surface area contributed by atoms with Crippen LogP contribution in [-0.2, 0) is 13.1 Å². The molecule has 1 aliphatic carbocycles. The highest BCUT2D eigenvalue weighted by atomic mass is 16.1. The van der Waals surface area contributed by atoms with E-state index in [1.807, 2.05) is 25.1 Å². The van der Waals surface area contributed by atoms with E-state index in [1.54, 1.807) is 12.4 Å². The van der Waals surface area contributed by atoms with Crippen molar-refractivity contribution in [2.24, 2.45) is 5.92 Å². The molecule has 152 valence electrons. The summed E-state index contributed by atoms with van der Waals surface area (Å²) in [5.74, 6) is 0.747. The van der Waals surface area contributed by atoms with Crippen molar-refractivity contribution in [2.45, 2.75) is 32.4 Å². The lowest BCUT2D eigenvalue weighted by molar-refractivity contribution is 0.0950. The van der Waals surface area contributed by atoms with Crippen LogP contribution in [0.3, 0.4) is 0 Å². The van der Waals surface area contributed by atoms with Crippen LogP contribution in [0.1, 0.15) is 40.9 Å². The number of pyridine rings is 1. The molecule has 1 saturated carbocycles. The number of nitrogens with one attached hydrogen (secondary N) is 3. The summed E-state index contributed by atoms with van der Waals surface area (Å²) >= 11 is 0. The third kappa shape index (κ3) is 4.77. The highest BCUT2D eigenvalue weighted by Gasteiger charge is 2.16. The fourth-order valence-electron chi connectivity index (χ4n) is 3.63. The molecular formula is C23H29N5O. The molecule has 2 aromatic heterocycles. The Morgan fingerprint density at radius 3 is 2.79 bits per heavy atom. The van der Waals surface area contributed by atoms with Crippen molar-refractivity contribution in [1.29, 1.82) is 0 Å². The van der Waals surface area contributed by atoms with E-state index in [0.29, 0.717) is 12.1 Å². The highest BCUT2D eigenvalue weighted by Crippen LogP contribution is 2.25. The fraction of sp³-hybridized carbons (Fsp3) is 0.391. The van der Waals surface area contributed by atoms with E-state index in [9.17, 15) is 4.79 Å². The molecule has 3 aromatic rings. The number of aromatic amines is 1. The van der Waals surface area contributed by atoms with E-state index < -0.39 is 0 Å². The van der Waals surface area contributed by atoms with Crippen LogP contribution in [0.25, 0.3) is 10.9 Å². The normalized spacial score (nSPS) is 14.0. The van der Waals surface area contributed by atoms with E-state index in [4.69, 9.17) is 0 Å². The summed E-state index contributed by atoms with van der Waals surface area (Å²) in [7, 11) is 3.86. The summed E-state index contributed by atoms with van der Waals surface area (Å²) in [6.07, 6.45) is 7.46. The molecule has 0 unspecified atom stereocenters. The van der Waals surface area contributed by atoms with Crippen LogP contribution >= 0.6 is 0 Å². The Balaban J connectivity index is 1.35. The predicted molar refractivity (Wildman–Crippen MR) is 117 cm³/mol. The maximum atomic E-state index is 12.5. The minimum Gasteiger partial charge on any atom is -0.376 e. The number of benzene rings is 1. The smallest absolute Gasteiger partial charge is 0.253 e. The lowest BCUT2D eigenvalue weighted by atomic mass is 9.85. The summed E-state index contributed by atoms with van der Waals surface area (Å²) in [5.41, 5.74) is 4.85. The molecule has 1 amide bonds. The van der Waals surface area contributed by atoms with Crippen molar-refractivity contribution < 1.29 is 4.79 Å². The van der Waals surface area contributed by atoms with Gasteiger partial charge in [0.1, 0.15) is 0 Å². The molecule has 1 aromatic carbocycles. The number of aromatic nitrogens is 2. The van der Waals surface area contributed by atoms with Crippen molar-refractivity contribution in [1.82, 2.24) is 20.6 Å². The Bertz CT molecular complexity index is 990. The number of carbonyl (C=O) groups is 1. The molecule has 1 aliphatic rings. The first-order valence-corrected chi connectivity index (χ1v) is 10.3. The Morgan fingerprint density at radius 2 is 2.03 bits per heavy atom. The maximum absolute atomic E-state index is 12.5. The zero-order valence-corrected chi connectivity index (χ0v) is 17.2. The number of amides is 1. The number of hydrogen-bond acceptors (Lipinski definition) is 4. The molecule has 3 N–H and O–H groups in total. The molecule has 29 heavy (non-hydrogen) atoms. The average molecular weight is 392 g/mol. The first kappa shape index (κ1) is 19.5. The molecule has 0 atom stereocenters. The zero-order valence-electron chi connectivity index (χ0n) is 17.2. The van der Waals surface area contributed by atoms with Crippen LogP contribution in [-0.4, -0.2) is 36.5 Å². The number of rotatable bonds is 8. The van der Waals surface area contributed by atoms with Gasteiger partial charge in [0, 0.05) is 44.6 Å². The van der Waals surface area contributed by atoms with E-state index in [2.05, 4.69) is 44.9 Å². The molecule has 2 heterocycles. The summed E-state index contributed by atoms with van der Waals surface area (Å²) in [5, 5.41) is 7.74. The minimum absolute atomic E-state index is 0.117. The molecule has 6 heteroatoms. The van der Waals surface area contributed by atoms with Gasteiger partial charge in [0.05, 0.1) is 17.4 Å². The van der Waals surface area contributed by atoms with Gasteiger partial charge >= 0.3 is 0 Å². The summed E-state index contributed by atoms with van der Waals surface area (Å²) in [6.45, 7) is 2.46. The average Bonchev–Trinajstić information content (AvgIpc) is 3.10. The molecule has 1 fully saturated rings. The van der Waals surface area contributed by atoms with Gasteiger partial charge in [-0.15, -0.1) is 0 Å². The van der Waals surface area contributed by atoms with Crippen molar-refractivity contribution >= 4 is 22.5 Å². The van der Waals surface area contributed by atoms with Gasteiger partial charge < -0.3 is 20.5 Å². The lowest BCUT2D eigenvalue weighted by Crippen LogP contribution is -2.26. The van der Waals surface area contributed by atoms with Crippen LogP contribution in [0.5, 0.6) is 0 Å². The Morgan fingerprint density at radius 1 is 1.17 bits per heavy atom. The number of fused-ring (bicyclic) bond motifs is 1. The number of carbonyl (C=O) groups excluding carboxylic acids is 1. The molecule has 4 rings (SSSR count). The van der Waals surface area contributed by atoms with Crippen LogP contribution in [0.2, 0.25) is 0 Å². The van der Waals surface area contributed by atoms with Gasteiger partial charge in [-0.3, -0.25) is 9.78 Å².